The molecule has 0 saturated carbocycles. The average Bonchev–Trinajstić information content (AvgIpc) is 2.50. The molecule has 0 saturated heterocycles. The summed E-state index contributed by atoms with van der Waals surface area (Å²) in [6, 6.07) is 12.1. The van der Waals surface area contributed by atoms with Gasteiger partial charge in [0.1, 0.15) is 5.75 Å². The van der Waals surface area contributed by atoms with Gasteiger partial charge in [0.05, 0.1) is 5.69 Å². The van der Waals surface area contributed by atoms with E-state index in [9.17, 15) is 9.59 Å². The zero-order valence-corrected chi connectivity index (χ0v) is 12.5. The second kappa shape index (κ2) is 5.69. The highest BCUT2D eigenvalue weighted by molar-refractivity contribution is 6.31. The molecular weight excluding hydrogens is 304 g/mol. The van der Waals surface area contributed by atoms with Crippen LogP contribution >= 0.6 is 11.6 Å². The largest absolute Gasteiger partial charge is 0.468 e. The summed E-state index contributed by atoms with van der Waals surface area (Å²) in [5.74, 6) is -0.585. The predicted molar refractivity (Wildman–Crippen MR) is 84.3 cm³/mol. The number of rotatable bonds is 2. The summed E-state index contributed by atoms with van der Waals surface area (Å²) in [6.45, 7) is 1.84. The maximum atomic E-state index is 12.3. The summed E-state index contributed by atoms with van der Waals surface area (Å²) in [6.07, 6.45) is -1.24. The summed E-state index contributed by atoms with van der Waals surface area (Å²) < 4.78 is 5.49. The van der Waals surface area contributed by atoms with Gasteiger partial charge in [-0.15, -0.1) is 0 Å². The van der Waals surface area contributed by atoms with Crippen molar-refractivity contribution in [2.24, 2.45) is 0 Å². The van der Waals surface area contributed by atoms with Crippen molar-refractivity contribution in [2.45, 2.75) is 13.0 Å². The maximum Gasteiger partial charge on any atom is 0.275 e. The molecule has 3 rings (SSSR count). The lowest BCUT2D eigenvalue weighted by molar-refractivity contribution is -0.133. The topological polar surface area (TPSA) is 67.4 Å². The minimum absolute atomic E-state index is 0.463. The Balaban J connectivity index is 1.81. The summed E-state index contributed by atoms with van der Waals surface area (Å²) >= 11 is 5.92. The smallest absolute Gasteiger partial charge is 0.275 e. The van der Waals surface area contributed by atoms with Gasteiger partial charge in [-0.1, -0.05) is 29.8 Å². The third-order valence-corrected chi connectivity index (χ3v) is 3.56. The SMILES string of the molecule is Cc1ccc(Cl)cc1NC(=O)C1Oc2ccccc2NC1=O. The molecule has 6 heteroatoms. The van der Waals surface area contributed by atoms with E-state index in [1.807, 2.05) is 6.92 Å². The number of benzene rings is 2. The Morgan fingerprint density at radius 3 is 2.86 bits per heavy atom. The number of carbonyl (C=O) groups excluding carboxylic acids is 2. The van der Waals surface area contributed by atoms with Crippen LogP contribution in [0.2, 0.25) is 5.02 Å². The molecule has 2 N–H and O–H groups in total. The Kier molecular flexibility index (Phi) is 3.73. The predicted octanol–water partition coefficient (Wildman–Crippen LogP) is 2.99. The second-order valence-corrected chi connectivity index (χ2v) is 5.37. The number of hydrogen-bond acceptors (Lipinski definition) is 3. The first-order chi connectivity index (χ1) is 10.5. The number of para-hydroxylation sites is 2. The fraction of sp³-hybridized carbons (Fsp3) is 0.125. The van der Waals surface area contributed by atoms with Crippen LogP contribution in [0.25, 0.3) is 0 Å². The first-order valence-corrected chi connectivity index (χ1v) is 7.06. The van der Waals surface area contributed by atoms with Crippen LogP contribution in [-0.2, 0) is 9.59 Å². The molecule has 1 aliphatic heterocycles. The molecule has 22 heavy (non-hydrogen) atoms. The van der Waals surface area contributed by atoms with Gasteiger partial charge in [-0.3, -0.25) is 9.59 Å². The van der Waals surface area contributed by atoms with Gasteiger partial charge in [-0.2, -0.15) is 0 Å². The van der Waals surface area contributed by atoms with Crippen molar-refractivity contribution in [3.05, 3.63) is 53.1 Å². The highest BCUT2D eigenvalue weighted by Crippen LogP contribution is 2.29. The van der Waals surface area contributed by atoms with E-state index in [4.69, 9.17) is 16.3 Å². The van der Waals surface area contributed by atoms with E-state index in [0.29, 0.717) is 22.1 Å². The van der Waals surface area contributed by atoms with E-state index >= 15 is 0 Å². The first kappa shape index (κ1) is 14.4. The van der Waals surface area contributed by atoms with E-state index in [1.165, 1.54) is 0 Å². The minimum Gasteiger partial charge on any atom is -0.468 e. The van der Waals surface area contributed by atoms with Crippen LogP contribution in [0.4, 0.5) is 11.4 Å². The molecule has 0 aliphatic carbocycles. The van der Waals surface area contributed by atoms with Gasteiger partial charge in [0, 0.05) is 10.7 Å². The van der Waals surface area contributed by atoms with Crippen molar-refractivity contribution in [3.63, 3.8) is 0 Å². The van der Waals surface area contributed by atoms with E-state index in [2.05, 4.69) is 10.6 Å². The van der Waals surface area contributed by atoms with E-state index in [0.717, 1.165) is 5.56 Å². The van der Waals surface area contributed by atoms with Crippen molar-refractivity contribution in [3.8, 4) is 5.75 Å². The van der Waals surface area contributed by atoms with Gasteiger partial charge in [-0.05, 0) is 36.8 Å². The van der Waals surface area contributed by atoms with Crippen LogP contribution < -0.4 is 15.4 Å². The third-order valence-electron chi connectivity index (χ3n) is 3.32. The van der Waals surface area contributed by atoms with Crippen LogP contribution in [0.15, 0.2) is 42.5 Å². The van der Waals surface area contributed by atoms with Gasteiger partial charge >= 0.3 is 0 Å². The van der Waals surface area contributed by atoms with Gasteiger partial charge in [0.15, 0.2) is 0 Å². The maximum absolute atomic E-state index is 12.3. The summed E-state index contributed by atoms with van der Waals surface area (Å²) in [5, 5.41) is 5.82. The molecule has 2 amide bonds. The fourth-order valence-corrected chi connectivity index (χ4v) is 2.32. The Morgan fingerprint density at radius 2 is 2.05 bits per heavy atom. The quantitative estimate of drug-likeness (QED) is 0.837. The Hall–Kier alpha value is -2.53. The molecular formula is C16H13ClN2O3. The number of aryl methyl sites for hydroxylation is 1. The van der Waals surface area contributed by atoms with Gasteiger partial charge < -0.3 is 15.4 Å². The highest BCUT2D eigenvalue weighted by Gasteiger charge is 2.34. The number of hydrogen-bond donors (Lipinski definition) is 2. The molecule has 0 spiro atoms. The standard InChI is InChI=1S/C16H13ClN2O3/c1-9-6-7-10(17)8-12(9)19-16(21)14-15(20)18-11-4-2-3-5-13(11)22-14/h2-8,14H,1H3,(H,18,20)(H,19,21). The van der Waals surface area contributed by atoms with Crippen LogP contribution in [0.5, 0.6) is 5.75 Å². The molecule has 112 valence electrons. The third kappa shape index (κ3) is 2.76. The lowest BCUT2D eigenvalue weighted by Gasteiger charge is -2.25. The number of fused-ring (bicyclic) bond motifs is 1. The van der Waals surface area contributed by atoms with Crippen molar-refractivity contribution in [1.82, 2.24) is 0 Å². The van der Waals surface area contributed by atoms with Crippen LogP contribution in [0.1, 0.15) is 5.56 Å². The molecule has 0 fully saturated rings. The van der Waals surface area contributed by atoms with Crippen molar-refractivity contribution >= 4 is 34.8 Å². The lowest BCUT2D eigenvalue weighted by Crippen LogP contribution is -2.45. The zero-order chi connectivity index (χ0) is 15.7. The molecule has 0 bridgehead atoms. The molecule has 0 radical (unpaired) electrons. The summed E-state index contributed by atoms with van der Waals surface area (Å²) in [7, 11) is 0. The average molecular weight is 317 g/mol. The van der Waals surface area contributed by atoms with E-state index in [-0.39, 0.29) is 0 Å². The fourth-order valence-electron chi connectivity index (χ4n) is 2.15. The minimum atomic E-state index is -1.24. The van der Waals surface area contributed by atoms with Crippen molar-refractivity contribution < 1.29 is 14.3 Å². The monoisotopic (exact) mass is 316 g/mol. The Labute approximate surface area is 132 Å². The number of carbonyl (C=O) groups is 2. The number of amides is 2. The molecule has 2 aromatic rings. The molecule has 1 unspecified atom stereocenters. The first-order valence-electron chi connectivity index (χ1n) is 6.68. The van der Waals surface area contributed by atoms with Crippen molar-refractivity contribution in [1.29, 1.82) is 0 Å². The Bertz CT molecular complexity index is 761. The van der Waals surface area contributed by atoms with Crippen LogP contribution in [0.3, 0.4) is 0 Å². The Morgan fingerprint density at radius 1 is 1.27 bits per heavy atom. The highest BCUT2D eigenvalue weighted by atomic mass is 35.5. The van der Waals surface area contributed by atoms with Crippen LogP contribution in [-0.4, -0.2) is 17.9 Å². The molecule has 0 aromatic heterocycles. The number of nitrogens with one attached hydrogen (secondary N) is 2. The molecule has 1 atom stereocenters. The normalized spacial score (nSPS) is 16.3. The molecule has 1 aliphatic rings. The second-order valence-electron chi connectivity index (χ2n) is 4.93. The van der Waals surface area contributed by atoms with Gasteiger partial charge in [-0.25, -0.2) is 0 Å². The molecule has 5 nitrogen and oxygen atoms in total. The lowest BCUT2D eigenvalue weighted by atomic mass is 10.1. The van der Waals surface area contributed by atoms with E-state index in [1.54, 1.807) is 42.5 Å². The zero-order valence-electron chi connectivity index (χ0n) is 11.7. The number of ether oxygens (including phenoxy) is 1. The summed E-state index contributed by atoms with van der Waals surface area (Å²) in [5.41, 5.74) is 1.94. The van der Waals surface area contributed by atoms with Gasteiger partial charge in [0.2, 0.25) is 0 Å². The summed E-state index contributed by atoms with van der Waals surface area (Å²) in [4.78, 5) is 24.3. The molecule has 2 aromatic carbocycles. The van der Waals surface area contributed by atoms with Crippen molar-refractivity contribution in [2.75, 3.05) is 10.6 Å². The van der Waals surface area contributed by atoms with Crippen LogP contribution in [0, 0.1) is 6.92 Å². The molecule has 1 heterocycles. The van der Waals surface area contributed by atoms with Gasteiger partial charge in [0.25, 0.3) is 17.9 Å². The number of halogens is 1. The van der Waals surface area contributed by atoms with E-state index < -0.39 is 17.9 Å². The number of anilines is 2.